The van der Waals surface area contributed by atoms with Gasteiger partial charge in [0.15, 0.2) is 0 Å². The summed E-state index contributed by atoms with van der Waals surface area (Å²) >= 11 is 0. The van der Waals surface area contributed by atoms with Crippen LogP contribution < -0.4 is 10.1 Å². The lowest BCUT2D eigenvalue weighted by Gasteiger charge is -2.39. The van der Waals surface area contributed by atoms with Gasteiger partial charge in [-0.3, -0.25) is 10.00 Å². The van der Waals surface area contributed by atoms with Gasteiger partial charge in [0.25, 0.3) is 0 Å². The van der Waals surface area contributed by atoms with Crippen LogP contribution in [0.5, 0.6) is 5.75 Å². The molecule has 0 unspecified atom stereocenters. The van der Waals surface area contributed by atoms with Crippen molar-refractivity contribution in [1.29, 1.82) is 0 Å². The lowest BCUT2D eigenvalue weighted by Crippen LogP contribution is -2.51. The molecular weight excluding hydrogens is 381 g/mol. The van der Waals surface area contributed by atoms with Gasteiger partial charge in [0.2, 0.25) is 0 Å². The summed E-state index contributed by atoms with van der Waals surface area (Å²) in [5.74, 6) is 1.53. The summed E-state index contributed by atoms with van der Waals surface area (Å²) in [6, 6.07) is 13.5. The van der Waals surface area contributed by atoms with E-state index in [2.05, 4.69) is 38.4 Å². The Morgan fingerprint density at radius 1 is 1.20 bits per heavy atom. The number of piperidine rings is 1. The predicted molar refractivity (Wildman–Crippen MR) is 115 cm³/mol. The summed E-state index contributed by atoms with van der Waals surface area (Å²) in [6.45, 7) is 4.81. The minimum atomic E-state index is -0.227. The molecule has 1 aliphatic rings. The maximum atomic E-state index is 13.3. The third-order valence-corrected chi connectivity index (χ3v) is 5.95. The third-order valence-electron chi connectivity index (χ3n) is 5.95. The summed E-state index contributed by atoms with van der Waals surface area (Å²) in [6.07, 6.45) is 3.83. The highest BCUT2D eigenvalue weighted by molar-refractivity contribution is 5.65. The van der Waals surface area contributed by atoms with Gasteiger partial charge in [-0.05, 0) is 61.7 Å². The van der Waals surface area contributed by atoms with Crippen LogP contribution in [0, 0.1) is 5.82 Å². The SMILES string of the molecule is COc1ccc(-c2ccc(F)cc2)cc1CN[C@H]1CCCN(Cc2ncn[nH]2)[C@H]1C. The Kier molecular flexibility index (Phi) is 6.40. The Labute approximate surface area is 176 Å². The topological polar surface area (TPSA) is 66.1 Å². The Bertz CT molecular complexity index is 945. The third kappa shape index (κ3) is 4.68. The van der Waals surface area contributed by atoms with E-state index in [0.717, 1.165) is 54.2 Å². The normalized spacial score (nSPS) is 19.7. The molecule has 1 fully saturated rings. The zero-order valence-corrected chi connectivity index (χ0v) is 17.4. The number of rotatable bonds is 7. The number of likely N-dealkylation sites (tertiary alicyclic amines) is 1. The van der Waals surface area contributed by atoms with Crippen LogP contribution in [-0.2, 0) is 13.1 Å². The first-order chi connectivity index (χ1) is 14.6. The fourth-order valence-corrected chi connectivity index (χ4v) is 4.19. The molecule has 6 nitrogen and oxygen atoms in total. The van der Waals surface area contributed by atoms with Gasteiger partial charge in [-0.1, -0.05) is 18.2 Å². The first-order valence-electron chi connectivity index (χ1n) is 10.4. The summed E-state index contributed by atoms with van der Waals surface area (Å²) in [5.41, 5.74) is 3.14. The van der Waals surface area contributed by atoms with E-state index in [1.54, 1.807) is 25.6 Å². The lowest BCUT2D eigenvalue weighted by atomic mass is 9.96. The van der Waals surface area contributed by atoms with Crippen molar-refractivity contribution < 1.29 is 9.13 Å². The zero-order chi connectivity index (χ0) is 20.9. The minimum absolute atomic E-state index is 0.227. The van der Waals surface area contributed by atoms with Crippen LogP contribution >= 0.6 is 0 Å². The molecule has 1 saturated heterocycles. The summed E-state index contributed by atoms with van der Waals surface area (Å²) in [5, 5.41) is 10.6. The molecule has 0 radical (unpaired) electrons. The smallest absolute Gasteiger partial charge is 0.138 e. The molecule has 2 atom stereocenters. The fraction of sp³-hybridized carbons (Fsp3) is 0.391. The number of hydrogen-bond acceptors (Lipinski definition) is 5. The monoisotopic (exact) mass is 409 g/mol. The molecular formula is C23H28FN5O. The van der Waals surface area contributed by atoms with Crippen LogP contribution in [0.3, 0.4) is 0 Å². The van der Waals surface area contributed by atoms with Crippen LogP contribution in [0.1, 0.15) is 31.2 Å². The highest BCUT2D eigenvalue weighted by atomic mass is 19.1. The van der Waals surface area contributed by atoms with Crippen molar-refractivity contribution >= 4 is 0 Å². The van der Waals surface area contributed by atoms with Crippen LogP contribution in [0.2, 0.25) is 0 Å². The molecule has 2 aromatic carbocycles. The number of aromatic amines is 1. The molecule has 3 aromatic rings. The van der Waals surface area contributed by atoms with Gasteiger partial charge < -0.3 is 10.1 Å². The Morgan fingerprint density at radius 3 is 2.73 bits per heavy atom. The van der Waals surface area contributed by atoms with Gasteiger partial charge in [-0.25, -0.2) is 9.37 Å². The Hall–Kier alpha value is -2.77. The second-order valence-electron chi connectivity index (χ2n) is 7.81. The van der Waals surface area contributed by atoms with Crippen molar-refractivity contribution in [2.45, 2.75) is 44.9 Å². The number of nitrogens with one attached hydrogen (secondary N) is 2. The number of aromatic nitrogens is 3. The van der Waals surface area contributed by atoms with E-state index in [1.165, 1.54) is 12.1 Å². The van der Waals surface area contributed by atoms with Crippen molar-refractivity contribution in [2.75, 3.05) is 13.7 Å². The van der Waals surface area contributed by atoms with E-state index < -0.39 is 0 Å². The number of H-pyrrole nitrogens is 1. The molecule has 0 bridgehead atoms. The molecule has 158 valence electrons. The number of ether oxygens (including phenoxy) is 1. The average Bonchev–Trinajstić information content (AvgIpc) is 3.28. The van der Waals surface area contributed by atoms with Gasteiger partial charge in [-0.2, -0.15) is 5.10 Å². The van der Waals surface area contributed by atoms with Gasteiger partial charge in [-0.15, -0.1) is 0 Å². The molecule has 7 heteroatoms. The van der Waals surface area contributed by atoms with Gasteiger partial charge in [0.1, 0.15) is 23.7 Å². The van der Waals surface area contributed by atoms with Crippen LogP contribution in [0.4, 0.5) is 4.39 Å². The standard InChI is InChI=1S/C23H28FN5O/c1-16-21(4-3-11-29(16)14-23-26-15-27-28-23)25-13-19-12-18(7-10-22(19)30-2)17-5-8-20(24)9-6-17/h5-10,12,15-16,21,25H,3-4,11,13-14H2,1-2H3,(H,26,27,28)/t16-,21-/m0/s1. The van der Waals surface area contributed by atoms with Gasteiger partial charge in [0.05, 0.1) is 13.7 Å². The summed E-state index contributed by atoms with van der Waals surface area (Å²) < 4.78 is 18.9. The first kappa shape index (κ1) is 20.5. The van der Waals surface area contributed by atoms with E-state index in [9.17, 15) is 4.39 Å². The molecule has 0 saturated carbocycles. The zero-order valence-electron chi connectivity index (χ0n) is 17.4. The Balaban J connectivity index is 1.45. The van der Waals surface area contributed by atoms with E-state index in [4.69, 9.17) is 4.74 Å². The highest BCUT2D eigenvalue weighted by Gasteiger charge is 2.28. The van der Waals surface area contributed by atoms with Crippen molar-refractivity contribution in [3.63, 3.8) is 0 Å². The van der Waals surface area contributed by atoms with Gasteiger partial charge in [0, 0.05) is 24.2 Å². The maximum Gasteiger partial charge on any atom is 0.138 e. The molecule has 4 rings (SSSR count). The molecule has 1 aliphatic heterocycles. The number of methoxy groups -OCH3 is 1. The second-order valence-corrected chi connectivity index (χ2v) is 7.81. The van der Waals surface area contributed by atoms with Crippen LogP contribution in [-0.4, -0.2) is 45.8 Å². The predicted octanol–water partition coefficient (Wildman–Crippen LogP) is 3.76. The number of benzene rings is 2. The molecule has 0 amide bonds. The average molecular weight is 410 g/mol. The fourth-order valence-electron chi connectivity index (χ4n) is 4.19. The van der Waals surface area contributed by atoms with Crippen molar-refractivity contribution in [3.05, 3.63) is 66.0 Å². The maximum absolute atomic E-state index is 13.3. The molecule has 0 spiro atoms. The van der Waals surface area contributed by atoms with E-state index in [-0.39, 0.29) is 5.82 Å². The lowest BCUT2D eigenvalue weighted by molar-refractivity contribution is 0.113. The van der Waals surface area contributed by atoms with Gasteiger partial charge >= 0.3 is 0 Å². The molecule has 1 aromatic heterocycles. The Morgan fingerprint density at radius 2 is 2.00 bits per heavy atom. The second kappa shape index (κ2) is 9.36. The highest BCUT2D eigenvalue weighted by Crippen LogP contribution is 2.28. The molecule has 2 N–H and O–H groups in total. The van der Waals surface area contributed by atoms with Crippen molar-refractivity contribution in [3.8, 4) is 16.9 Å². The minimum Gasteiger partial charge on any atom is -0.496 e. The van der Waals surface area contributed by atoms with E-state index >= 15 is 0 Å². The molecule has 30 heavy (non-hydrogen) atoms. The summed E-state index contributed by atoms with van der Waals surface area (Å²) in [7, 11) is 1.69. The first-order valence-corrected chi connectivity index (χ1v) is 10.4. The molecule has 0 aliphatic carbocycles. The van der Waals surface area contributed by atoms with Crippen molar-refractivity contribution in [1.82, 2.24) is 25.4 Å². The number of hydrogen-bond donors (Lipinski definition) is 2. The van der Waals surface area contributed by atoms with E-state index in [0.29, 0.717) is 18.6 Å². The molecule has 2 heterocycles. The number of nitrogens with zero attached hydrogens (tertiary/aromatic N) is 3. The number of halogens is 1. The summed E-state index contributed by atoms with van der Waals surface area (Å²) in [4.78, 5) is 6.70. The van der Waals surface area contributed by atoms with Crippen LogP contribution in [0.25, 0.3) is 11.1 Å². The van der Waals surface area contributed by atoms with E-state index in [1.807, 2.05) is 12.1 Å². The van der Waals surface area contributed by atoms with Crippen molar-refractivity contribution in [2.24, 2.45) is 0 Å². The largest absolute Gasteiger partial charge is 0.496 e. The quantitative estimate of drug-likeness (QED) is 0.622. The van der Waals surface area contributed by atoms with Crippen LogP contribution in [0.15, 0.2) is 48.8 Å².